The summed E-state index contributed by atoms with van der Waals surface area (Å²) in [6.45, 7) is 1.14. The van der Waals surface area contributed by atoms with Crippen molar-refractivity contribution in [3.8, 4) is 0 Å². The van der Waals surface area contributed by atoms with Gasteiger partial charge in [-0.1, -0.05) is 0 Å². The molecule has 0 saturated carbocycles. The van der Waals surface area contributed by atoms with E-state index in [0.717, 1.165) is 13.0 Å². The zero-order valence-corrected chi connectivity index (χ0v) is 7.28. The molecule has 6 heteroatoms. The SMILES string of the molecule is CC(=O)c1c(N)cc([N+](=O)[O-])cc1F. The molecule has 0 atom stereocenters. The van der Waals surface area contributed by atoms with Crippen molar-refractivity contribution >= 4 is 17.2 Å². The topological polar surface area (TPSA) is 86.2 Å². The van der Waals surface area contributed by atoms with Gasteiger partial charge in [-0.3, -0.25) is 14.9 Å². The molecule has 74 valence electrons. The minimum Gasteiger partial charge on any atom is -0.398 e. The fourth-order valence-electron chi connectivity index (χ4n) is 1.09. The molecule has 0 radical (unpaired) electrons. The smallest absolute Gasteiger partial charge is 0.274 e. The van der Waals surface area contributed by atoms with Crippen LogP contribution in [0.15, 0.2) is 12.1 Å². The Labute approximate surface area is 78.5 Å². The molecule has 5 nitrogen and oxygen atoms in total. The van der Waals surface area contributed by atoms with Gasteiger partial charge >= 0.3 is 0 Å². The van der Waals surface area contributed by atoms with Crippen LogP contribution in [0, 0.1) is 15.9 Å². The van der Waals surface area contributed by atoms with Crippen molar-refractivity contribution in [2.75, 3.05) is 5.73 Å². The summed E-state index contributed by atoms with van der Waals surface area (Å²) < 4.78 is 13.1. The number of anilines is 1. The van der Waals surface area contributed by atoms with Crippen molar-refractivity contribution in [3.63, 3.8) is 0 Å². The van der Waals surface area contributed by atoms with Crippen LogP contribution < -0.4 is 5.73 Å². The maximum Gasteiger partial charge on any atom is 0.274 e. The third-order valence-electron chi connectivity index (χ3n) is 1.67. The van der Waals surface area contributed by atoms with Crippen LogP contribution in [0.1, 0.15) is 17.3 Å². The Bertz CT molecular complexity index is 394. The summed E-state index contributed by atoms with van der Waals surface area (Å²) in [5.41, 5.74) is 4.30. The molecular formula is C8H7FN2O3. The maximum atomic E-state index is 13.1. The van der Waals surface area contributed by atoms with Gasteiger partial charge in [0.15, 0.2) is 5.78 Å². The first-order valence-electron chi connectivity index (χ1n) is 3.68. The molecule has 0 aliphatic heterocycles. The second kappa shape index (κ2) is 3.41. The number of carbonyl (C=O) groups excluding carboxylic acids is 1. The number of hydrogen-bond acceptors (Lipinski definition) is 4. The standard InChI is InChI=1S/C8H7FN2O3/c1-4(12)8-6(9)2-5(11(13)14)3-7(8)10/h2-3H,10H2,1H3. The Morgan fingerprint density at radius 1 is 1.57 bits per heavy atom. The highest BCUT2D eigenvalue weighted by Gasteiger charge is 2.17. The lowest BCUT2D eigenvalue weighted by Crippen LogP contribution is -2.04. The van der Waals surface area contributed by atoms with Crippen molar-refractivity contribution in [3.05, 3.63) is 33.6 Å². The molecule has 0 heterocycles. The van der Waals surface area contributed by atoms with Crippen LogP contribution in [0.25, 0.3) is 0 Å². The van der Waals surface area contributed by atoms with E-state index >= 15 is 0 Å². The molecule has 0 spiro atoms. The molecule has 1 rings (SSSR count). The summed E-state index contributed by atoms with van der Waals surface area (Å²) in [4.78, 5) is 20.4. The van der Waals surface area contributed by atoms with E-state index in [1.165, 1.54) is 0 Å². The number of hydrogen-bond donors (Lipinski definition) is 1. The second-order valence-electron chi connectivity index (χ2n) is 2.71. The Kier molecular flexibility index (Phi) is 2.46. The van der Waals surface area contributed by atoms with E-state index in [9.17, 15) is 19.3 Å². The quantitative estimate of drug-likeness (QED) is 0.338. The zero-order chi connectivity index (χ0) is 10.9. The number of non-ortho nitro benzene ring substituents is 1. The summed E-state index contributed by atoms with van der Waals surface area (Å²) in [5.74, 6) is -1.53. The van der Waals surface area contributed by atoms with E-state index in [1.807, 2.05) is 0 Å². The normalized spacial score (nSPS) is 9.86. The molecule has 2 N–H and O–H groups in total. The minimum atomic E-state index is -0.968. The zero-order valence-electron chi connectivity index (χ0n) is 7.28. The van der Waals surface area contributed by atoms with Gasteiger partial charge in [0.1, 0.15) is 5.82 Å². The van der Waals surface area contributed by atoms with Gasteiger partial charge < -0.3 is 5.73 Å². The highest BCUT2D eigenvalue weighted by molar-refractivity contribution is 5.99. The Hall–Kier alpha value is -1.98. The molecular weight excluding hydrogens is 191 g/mol. The van der Waals surface area contributed by atoms with Gasteiger partial charge in [0.25, 0.3) is 5.69 Å². The molecule has 0 aliphatic carbocycles. The number of ketones is 1. The average Bonchev–Trinajstić information content (AvgIpc) is 2.01. The predicted octanol–water partition coefficient (Wildman–Crippen LogP) is 1.52. The van der Waals surface area contributed by atoms with Crippen molar-refractivity contribution < 1.29 is 14.1 Å². The monoisotopic (exact) mass is 198 g/mol. The van der Waals surface area contributed by atoms with Gasteiger partial charge in [0, 0.05) is 6.07 Å². The number of nitrogens with two attached hydrogens (primary N) is 1. The molecule has 0 aliphatic rings. The highest BCUT2D eigenvalue weighted by atomic mass is 19.1. The first kappa shape index (κ1) is 10.1. The molecule has 0 aromatic heterocycles. The molecule has 0 bridgehead atoms. The molecule has 1 aromatic carbocycles. The number of halogens is 1. The minimum absolute atomic E-state index is 0.218. The van der Waals surface area contributed by atoms with Crippen LogP contribution in [0.5, 0.6) is 0 Å². The fourth-order valence-corrected chi connectivity index (χ4v) is 1.09. The van der Waals surface area contributed by atoms with E-state index in [1.54, 1.807) is 0 Å². The van der Waals surface area contributed by atoms with Crippen LogP contribution in [-0.2, 0) is 0 Å². The van der Waals surface area contributed by atoms with E-state index in [2.05, 4.69) is 0 Å². The Morgan fingerprint density at radius 3 is 2.50 bits per heavy atom. The number of nitrogens with zero attached hydrogens (tertiary/aromatic N) is 1. The summed E-state index contributed by atoms with van der Waals surface area (Å²) >= 11 is 0. The lowest BCUT2D eigenvalue weighted by molar-refractivity contribution is -0.385. The van der Waals surface area contributed by atoms with Gasteiger partial charge in [-0.05, 0) is 6.92 Å². The molecule has 0 saturated heterocycles. The number of nitrogen functional groups attached to an aromatic ring is 1. The van der Waals surface area contributed by atoms with E-state index in [-0.39, 0.29) is 11.3 Å². The van der Waals surface area contributed by atoms with Gasteiger partial charge in [0.05, 0.1) is 22.2 Å². The highest BCUT2D eigenvalue weighted by Crippen LogP contribution is 2.23. The molecule has 0 unspecified atom stereocenters. The number of nitro groups is 1. The van der Waals surface area contributed by atoms with Crippen molar-refractivity contribution in [1.82, 2.24) is 0 Å². The average molecular weight is 198 g/mol. The summed E-state index contributed by atoms with van der Waals surface area (Å²) in [6, 6.07) is 1.63. The maximum absolute atomic E-state index is 13.1. The third kappa shape index (κ3) is 1.68. The third-order valence-corrected chi connectivity index (χ3v) is 1.67. The number of Topliss-reactive ketones (excluding diaryl/α,β-unsaturated/α-hetero) is 1. The van der Waals surface area contributed by atoms with Gasteiger partial charge in [-0.25, -0.2) is 4.39 Å². The first-order valence-corrected chi connectivity index (χ1v) is 3.68. The van der Waals surface area contributed by atoms with E-state index in [4.69, 9.17) is 5.73 Å². The van der Waals surface area contributed by atoms with Crippen molar-refractivity contribution in [2.24, 2.45) is 0 Å². The van der Waals surface area contributed by atoms with Gasteiger partial charge in [-0.2, -0.15) is 0 Å². The number of rotatable bonds is 2. The molecule has 14 heavy (non-hydrogen) atoms. The number of nitro benzene ring substituents is 1. The summed E-state index contributed by atoms with van der Waals surface area (Å²) in [6.07, 6.45) is 0. The van der Waals surface area contributed by atoms with Crippen LogP contribution in [0.3, 0.4) is 0 Å². The predicted molar refractivity (Wildman–Crippen MR) is 47.5 cm³/mol. The largest absolute Gasteiger partial charge is 0.398 e. The number of carbonyl (C=O) groups is 1. The van der Waals surface area contributed by atoms with Crippen molar-refractivity contribution in [1.29, 1.82) is 0 Å². The first-order chi connectivity index (χ1) is 6.43. The van der Waals surface area contributed by atoms with Gasteiger partial charge in [-0.15, -0.1) is 0 Å². The van der Waals surface area contributed by atoms with E-state index in [0.29, 0.717) is 6.07 Å². The van der Waals surface area contributed by atoms with Crippen molar-refractivity contribution in [2.45, 2.75) is 6.92 Å². The Morgan fingerprint density at radius 2 is 2.14 bits per heavy atom. The van der Waals surface area contributed by atoms with Gasteiger partial charge in [0.2, 0.25) is 0 Å². The Balaban J connectivity index is 3.39. The second-order valence-corrected chi connectivity index (χ2v) is 2.71. The molecule has 1 aromatic rings. The summed E-state index contributed by atoms with van der Waals surface area (Å²) in [5, 5.41) is 10.3. The van der Waals surface area contributed by atoms with Crippen LogP contribution in [0.2, 0.25) is 0 Å². The molecule has 0 fully saturated rings. The van der Waals surface area contributed by atoms with E-state index < -0.39 is 22.2 Å². The number of benzene rings is 1. The van der Waals surface area contributed by atoms with Crippen LogP contribution >= 0.6 is 0 Å². The molecule has 0 amide bonds. The lowest BCUT2D eigenvalue weighted by atomic mass is 10.1. The summed E-state index contributed by atoms with van der Waals surface area (Å²) in [7, 11) is 0. The van der Waals surface area contributed by atoms with Crippen LogP contribution in [-0.4, -0.2) is 10.7 Å². The van der Waals surface area contributed by atoms with Crippen LogP contribution in [0.4, 0.5) is 15.8 Å². The fraction of sp³-hybridized carbons (Fsp3) is 0.125. The lowest BCUT2D eigenvalue weighted by Gasteiger charge is -2.02.